The van der Waals surface area contributed by atoms with Crippen molar-refractivity contribution in [3.8, 4) is 27.9 Å². The second-order valence-corrected chi connectivity index (χ2v) is 12.0. The molecule has 204 valence electrons. The van der Waals surface area contributed by atoms with E-state index >= 15 is 0 Å². The third kappa shape index (κ3) is 3.26. The zero-order valence-corrected chi connectivity index (χ0v) is 23.8. The minimum atomic E-state index is -0.119. The summed E-state index contributed by atoms with van der Waals surface area (Å²) >= 11 is 0. The van der Waals surface area contributed by atoms with E-state index in [1.807, 2.05) is 54.9 Å². The molecule has 5 aromatic carbocycles. The van der Waals surface area contributed by atoms with Crippen LogP contribution in [0.15, 0.2) is 131 Å². The Balaban J connectivity index is 1.21. The summed E-state index contributed by atoms with van der Waals surface area (Å²) in [4.78, 5) is 17.8. The van der Waals surface area contributed by atoms with Gasteiger partial charge < -0.3 is 8.98 Å². The number of benzene rings is 5. The highest BCUT2D eigenvalue weighted by Crippen LogP contribution is 2.53. The summed E-state index contributed by atoms with van der Waals surface area (Å²) in [5.41, 5.74) is 11.8. The van der Waals surface area contributed by atoms with Gasteiger partial charge in [0.1, 0.15) is 11.2 Å². The molecule has 0 fully saturated rings. The Kier molecular flexibility index (Phi) is 4.79. The molecule has 4 heteroatoms. The van der Waals surface area contributed by atoms with Crippen LogP contribution in [0, 0.1) is 0 Å². The Morgan fingerprint density at radius 3 is 2.33 bits per heavy atom. The fourth-order valence-corrected chi connectivity index (χ4v) is 7.29. The molecule has 43 heavy (non-hydrogen) atoms. The molecule has 0 atom stereocenters. The van der Waals surface area contributed by atoms with Gasteiger partial charge in [0.25, 0.3) is 0 Å². The highest BCUT2D eigenvalue weighted by Gasteiger charge is 2.38. The van der Waals surface area contributed by atoms with Gasteiger partial charge in [-0.2, -0.15) is 0 Å². The maximum absolute atomic E-state index is 13.3. The van der Waals surface area contributed by atoms with Gasteiger partial charge in [-0.3, -0.25) is 9.78 Å². The lowest BCUT2D eigenvalue weighted by molar-refractivity contribution is 0.660. The minimum Gasteiger partial charge on any atom is -0.456 e. The molecule has 0 spiro atoms. The van der Waals surface area contributed by atoms with Crippen molar-refractivity contribution < 1.29 is 4.42 Å². The summed E-state index contributed by atoms with van der Waals surface area (Å²) in [6.07, 6.45) is 3.86. The molecule has 1 aliphatic rings. The number of para-hydroxylation sites is 1. The number of aromatic nitrogens is 2. The fraction of sp³-hybridized carbons (Fsp3) is 0.0769. The topological polar surface area (TPSA) is 48.0 Å². The van der Waals surface area contributed by atoms with E-state index < -0.39 is 0 Å². The molecule has 0 N–H and O–H groups in total. The standard InChI is InChI=1S/C39H26N2O2/c1-39(2)31-9-5-3-7-26(31)27-16-17-32-36(37(27)39)28-19-20-40-22-33(28)41(32)25-14-11-23(12-15-25)24-13-18-35-30(21-24)38(42)29-8-4-6-10-34(29)43-35/h3-22H,1-2H3. The maximum Gasteiger partial charge on any atom is 0.200 e. The van der Waals surface area contributed by atoms with Crippen LogP contribution in [-0.2, 0) is 5.41 Å². The first-order valence-corrected chi connectivity index (χ1v) is 14.6. The molecule has 0 unspecified atom stereocenters. The smallest absolute Gasteiger partial charge is 0.200 e. The minimum absolute atomic E-state index is 0.00860. The molecule has 3 aromatic heterocycles. The molecule has 0 bridgehead atoms. The van der Waals surface area contributed by atoms with Gasteiger partial charge in [-0.15, -0.1) is 0 Å². The fourth-order valence-electron chi connectivity index (χ4n) is 7.29. The van der Waals surface area contributed by atoms with E-state index in [1.54, 1.807) is 0 Å². The molecule has 0 amide bonds. The lowest BCUT2D eigenvalue weighted by atomic mass is 9.80. The van der Waals surface area contributed by atoms with Crippen molar-refractivity contribution in [2.24, 2.45) is 0 Å². The van der Waals surface area contributed by atoms with Gasteiger partial charge in [0.15, 0.2) is 0 Å². The lowest BCUT2D eigenvalue weighted by Gasteiger charge is -2.22. The van der Waals surface area contributed by atoms with Crippen LogP contribution in [-0.4, -0.2) is 9.55 Å². The van der Waals surface area contributed by atoms with E-state index in [9.17, 15) is 4.79 Å². The van der Waals surface area contributed by atoms with E-state index in [0.717, 1.165) is 22.3 Å². The Morgan fingerprint density at radius 2 is 1.44 bits per heavy atom. The van der Waals surface area contributed by atoms with Crippen LogP contribution in [0.2, 0.25) is 0 Å². The summed E-state index contributed by atoms with van der Waals surface area (Å²) < 4.78 is 8.35. The molecule has 0 saturated carbocycles. The van der Waals surface area contributed by atoms with E-state index in [4.69, 9.17) is 4.42 Å². The van der Waals surface area contributed by atoms with Crippen LogP contribution in [0.4, 0.5) is 0 Å². The van der Waals surface area contributed by atoms with Gasteiger partial charge in [0.05, 0.1) is 28.0 Å². The summed E-state index contributed by atoms with van der Waals surface area (Å²) in [6, 6.07) is 37.3. The van der Waals surface area contributed by atoms with Crippen molar-refractivity contribution in [3.63, 3.8) is 0 Å². The quantitative estimate of drug-likeness (QED) is 0.200. The number of pyridine rings is 1. The van der Waals surface area contributed by atoms with Crippen molar-refractivity contribution in [1.29, 1.82) is 0 Å². The number of hydrogen-bond donors (Lipinski definition) is 0. The van der Waals surface area contributed by atoms with Gasteiger partial charge in [-0.25, -0.2) is 0 Å². The van der Waals surface area contributed by atoms with E-state index in [-0.39, 0.29) is 10.8 Å². The van der Waals surface area contributed by atoms with Crippen LogP contribution >= 0.6 is 0 Å². The van der Waals surface area contributed by atoms with Crippen molar-refractivity contribution in [2.45, 2.75) is 19.3 Å². The van der Waals surface area contributed by atoms with Crippen LogP contribution in [0.1, 0.15) is 25.0 Å². The molecule has 9 rings (SSSR count). The zero-order valence-electron chi connectivity index (χ0n) is 23.8. The first kappa shape index (κ1) is 24.2. The third-order valence-electron chi connectivity index (χ3n) is 9.28. The zero-order chi connectivity index (χ0) is 28.9. The number of fused-ring (bicyclic) bond motifs is 9. The summed E-state index contributed by atoms with van der Waals surface area (Å²) in [5, 5.41) is 3.68. The van der Waals surface area contributed by atoms with Gasteiger partial charge in [0, 0.05) is 28.1 Å². The molecule has 0 saturated heterocycles. The number of nitrogens with zero attached hydrogens (tertiary/aromatic N) is 2. The maximum atomic E-state index is 13.3. The average molecular weight is 555 g/mol. The Morgan fingerprint density at radius 1 is 0.674 bits per heavy atom. The highest BCUT2D eigenvalue weighted by atomic mass is 16.3. The Hall–Kier alpha value is -5.48. The largest absolute Gasteiger partial charge is 0.456 e. The predicted molar refractivity (Wildman–Crippen MR) is 175 cm³/mol. The molecule has 3 heterocycles. The number of hydrogen-bond acceptors (Lipinski definition) is 3. The van der Waals surface area contributed by atoms with Gasteiger partial charge in [-0.1, -0.05) is 74.5 Å². The summed E-state index contributed by atoms with van der Waals surface area (Å²) in [7, 11) is 0. The van der Waals surface area contributed by atoms with Gasteiger partial charge in [-0.05, 0) is 81.9 Å². The van der Waals surface area contributed by atoms with Crippen molar-refractivity contribution >= 4 is 43.7 Å². The van der Waals surface area contributed by atoms with Crippen molar-refractivity contribution in [2.75, 3.05) is 0 Å². The van der Waals surface area contributed by atoms with Crippen LogP contribution < -0.4 is 5.43 Å². The van der Waals surface area contributed by atoms with Crippen LogP contribution in [0.5, 0.6) is 0 Å². The van der Waals surface area contributed by atoms with E-state index in [2.05, 4.69) is 90.1 Å². The first-order valence-electron chi connectivity index (χ1n) is 14.6. The predicted octanol–water partition coefficient (Wildman–Crippen LogP) is 9.41. The van der Waals surface area contributed by atoms with E-state index in [0.29, 0.717) is 21.9 Å². The Labute approximate surface area is 247 Å². The molecule has 0 radical (unpaired) electrons. The normalized spacial score (nSPS) is 13.6. The van der Waals surface area contributed by atoms with E-state index in [1.165, 1.54) is 38.5 Å². The average Bonchev–Trinajstić information content (AvgIpc) is 3.50. The molecule has 1 aliphatic carbocycles. The van der Waals surface area contributed by atoms with Crippen molar-refractivity contribution in [3.05, 3.63) is 143 Å². The number of rotatable bonds is 2. The highest BCUT2D eigenvalue weighted by molar-refractivity contribution is 6.14. The second kappa shape index (κ2) is 8.52. The molecule has 4 nitrogen and oxygen atoms in total. The van der Waals surface area contributed by atoms with Crippen molar-refractivity contribution in [1.82, 2.24) is 9.55 Å². The monoisotopic (exact) mass is 554 g/mol. The SMILES string of the molecule is CC1(C)c2ccccc2-c2ccc3c(c21)c1ccncc1n3-c1ccc(-c2ccc3oc4ccccc4c(=O)c3c2)cc1. The second-order valence-electron chi connectivity index (χ2n) is 12.0. The summed E-state index contributed by atoms with van der Waals surface area (Å²) in [6.45, 7) is 4.67. The Bertz CT molecular complexity index is 2500. The van der Waals surface area contributed by atoms with Gasteiger partial charge in [0.2, 0.25) is 5.43 Å². The summed E-state index contributed by atoms with van der Waals surface area (Å²) in [5.74, 6) is 0. The molecule has 0 aliphatic heterocycles. The molecule has 8 aromatic rings. The first-order chi connectivity index (χ1) is 21.0. The molecular formula is C39H26N2O2. The lowest BCUT2D eigenvalue weighted by Crippen LogP contribution is -2.15. The van der Waals surface area contributed by atoms with Crippen LogP contribution in [0.3, 0.4) is 0 Å². The molecular weight excluding hydrogens is 528 g/mol. The van der Waals surface area contributed by atoms with Crippen LogP contribution in [0.25, 0.3) is 71.7 Å². The third-order valence-corrected chi connectivity index (χ3v) is 9.28. The van der Waals surface area contributed by atoms with Gasteiger partial charge >= 0.3 is 0 Å².